The normalized spacial score (nSPS) is 12.2. The molecule has 1 heterocycles. The van der Waals surface area contributed by atoms with Crippen LogP contribution in [0.4, 0.5) is 8.78 Å². The van der Waals surface area contributed by atoms with Crippen LogP contribution in [0.25, 0.3) is 11.0 Å². The molecule has 0 bridgehead atoms. The van der Waals surface area contributed by atoms with Crippen molar-refractivity contribution in [1.82, 2.24) is 9.55 Å². The number of halogens is 2. The van der Waals surface area contributed by atoms with Crippen molar-refractivity contribution in [1.29, 1.82) is 0 Å². The maximum absolute atomic E-state index is 13.6. The lowest BCUT2D eigenvalue weighted by Gasteiger charge is -2.16. The van der Waals surface area contributed by atoms with E-state index in [1.165, 1.54) is 33.3 Å². The molecule has 0 saturated heterocycles. The minimum absolute atomic E-state index is 0.0404. The molecule has 0 aliphatic rings. The highest BCUT2D eigenvalue weighted by atomic mass is 19.3. The fourth-order valence-corrected chi connectivity index (χ4v) is 2.81. The highest BCUT2D eigenvalue weighted by Crippen LogP contribution is 2.30. The minimum Gasteiger partial charge on any atom is -0.497 e. The van der Waals surface area contributed by atoms with Crippen molar-refractivity contribution in [3.05, 3.63) is 53.9 Å². The Kier molecular flexibility index (Phi) is 5.25. The number of carbonyl (C=O) groups excluding carboxylic acids is 1. The molecule has 1 aromatic heterocycles. The molecule has 0 saturated carbocycles. The van der Waals surface area contributed by atoms with E-state index in [1.54, 1.807) is 30.3 Å². The standard InChI is InChI=1S/C19H18F2N2O4/c1-11(17-22-14-6-4-5-7-15(14)23(17)19(20)21)27-18(24)13-10-12(25-2)8-9-16(13)26-3/h4-11,19H,1-3H3. The Bertz CT molecular complexity index is 971. The van der Waals surface area contributed by atoms with Crippen LogP contribution in [0.15, 0.2) is 42.5 Å². The number of para-hydroxylation sites is 2. The zero-order valence-electron chi connectivity index (χ0n) is 15.0. The van der Waals surface area contributed by atoms with E-state index < -0.39 is 18.6 Å². The molecular formula is C19H18F2N2O4. The lowest BCUT2D eigenvalue weighted by molar-refractivity contribution is 0.0230. The van der Waals surface area contributed by atoms with Gasteiger partial charge in [-0.05, 0) is 37.3 Å². The monoisotopic (exact) mass is 376 g/mol. The molecule has 0 fully saturated rings. The van der Waals surface area contributed by atoms with Crippen LogP contribution < -0.4 is 9.47 Å². The van der Waals surface area contributed by atoms with Crippen LogP contribution >= 0.6 is 0 Å². The summed E-state index contributed by atoms with van der Waals surface area (Å²) in [6, 6.07) is 11.2. The predicted molar refractivity (Wildman–Crippen MR) is 94.4 cm³/mol. The van der Waals surface area contributed by atoms with Gasteiger partial charge in [-0.3, -0.25) is 4.57 Å². The van der Waals surface area contributed by atoms with Crippen LogP contribution in [-0.4, -0.2) is 29.7 Å². The Morgan fingerprint density at radius 3 is 2.52 bits per heavy atom. The Morgan fingerprint density at radius 1 is 1.11 bits per heavy atom. The second kappa shape index (κ2) is 7.61. The Hall–Kier alpha value is -3.16. The van der Waals surface area contributed by atoms with Gasteiger partial charge in [0.05, 0.1) is 25.3 Å². The molecule has 3 aromatic rings. The van der Waals surface area contributed by atoms with Crippen LogP contribution in [0.2, 0.25) is 0 Å². The van der Waals surface area contributed by atoms with Crippen molar-refractivity contribution in [3.63, 3.8) is 0 Å². The van der Waals surface area contributed by atoms with Crippen molar-refractivity contribution in [2.75, 3.05) is 14.2 Å². The minimum atomic E-state index is -2.82. The molecule has 3 rings (SSSR count). The molecule has 0 spiro atoms. The predicted octanol–water partition coefficient (Wildman–Crippen LogP) is 4.37. The van der Waals surface area contributed by atoms with Gasteiger partial charge in [0.2, 0.25) is 0 Å². The molecule has 1 atom stereocenters. The topological polar surface area (TPSA) is 62.6 Å². The SMILES string of the molecule is COc1ccc(OC)c(C(=O)OC(C)c2nc3ccccc3n2C(F)F)c1. The molecule has 0 aliphatic heterocycles. The fourth-order valence-electron chi connectivity index (χ4n) is 2.81. The maximum atomic E-state index is 13.6. The summed E-state index contributed by atoms with van der Waals surface area (Å²) in [5.41, 5.74) is 0.794. The van der Waals surface area contributed by atoms with Crippen molar-refractivity contribution >= 4 is 17.0 Å². The number of methoxy groups -OCH3 is 2. The van der Waals surface area contributed by atoms with E-state index in [2.05, 4.69) is 4.98 Å². The van der Waals surface area contributed by atoms with Crippen LogP contribution in [0, 0.1) is 0 Å². The van der Waals surface area contributed by atoms with Gasteiger partial charge in [-0.2, -0.15) is 8.78 Å². The molecule has 0 radical (unpaired) electrons. The Labute approximate surface area is 154 Å². The van der Waals surface area contributed by atoms with Gasteiger partial charge in [-0.1, -0.05) is 12.1 Å². The van der Waals surface area contributed by atoms with Crippen LogP contribution in [0.5, 0.6) is 11.5 Å². The van der Waals surface area contributed by atoms with E-state index in [-0.39, 0.29) is 22.7 Å². The average Bonchev–Trinajstić information content (AvgIpc) is 3.07. The summed E-state index contributed by atoms with van der Waals surface area (Å²) in [7, 11) is 2.88. The van der Waals surface area contributed by atoms with E-state index in [9.17, 15) is 13.6 Å². The number of hydrogen-bond acceptors (Lipinski definition) is 5. The highest BCUT2D eigenvalue weighted by molar-refractivity contribution is 5.93. The van der Waals surface area contributed by atoms with Gasteiger partial charge in [-0.25, -0.2) is 9.78 Å². The van der Waals surface area contributed by atoms with Crippen molar-refractivity contribution in [2.45, 2.75) is 19.6 Å². The number of alkyl halides is 2. The Morgan fingerprint density at radius 2 is 1.85 bits per heavy atom. The van der Waals surface area contributed by atoms with Gasteiger partial charge in [-0.15, -0.1) is 0 Å². The number of carbonyl (C=O) groups is 1. The van der Waals surface area contributed by atoms with E-state index in [0.29, 0.717) is 11.3 Å². The number of imidazole rings is 1. The third-order valence-corrected chi connectivity index (χ3v) is 4.09. The lowest BCUT2D eigenvalue weighted by Crippen LogP contribution is -2.15. The smallest absolute Gasteiger partial charge is 0.342 e. The van der Waals surface area contributed by atoms with Crippen LogP contribution in [-0.2, 0) is 4.74 Å². The second-order valence-electron chi connectivity index (χ2n) is 5.72. The summed E-state index contributed by atoms with van der Waals surface area (Å²) in [5, 5.41) is 0. The number of ether oxygens (including phenoxy) is 3. The van der Waals surface area contributed by atoms with Crippen molar-refractivity contribution in [3.8, 4) is 11.5 Å². The summed E-state index contributed by atoms with van der Waals surface area (Å²) in [6.45, 7) is -1.33. The van der Waals surface area contributed by atoms with Crippen molar-refractivity contribution in [2.24, 2.45) is 0 Å². The van der Waals surface area contributed by atoms with E-state index in [1.807, 2.05) is 0 Å². The molecule has 0 N–H and O–H groups in total. The summed E-state index contributed by atoms with van der Waals surface area (Å²) < 4.78 is 43.6. The number of rotatable bonds is 6. The van der Waals surface area contributed by atoms with Crippen molar-refractivity contribution < 1.29 is 27.8 Å². The van der Waals surface area contributed by atoms with Gasteiger partial charge in [0.1, 0.15) is 17.1 Å². The van der Waals surface area contributed by atoms with Gasteiger partial charge in [0.25, 0.3) is 0 Å². The molecule has 0 amide bonds. The molecule has 6 nitrogen and oxygen atoms in total. The number of hydrogen-bond donors (Lipinski definition) is 0. The fraction of sp³-hybridized carbons (Fsp3) is 0.263. The molecule has 27 heavy (non-hydrogen) atoms. The first kappa shape index (κ1) is 18.6. The summed E-state index contributed by atoms with van der Waals surface area (Å²) in [5.74, 6) is -0.0434. The van der Waals surface area contributed by atoms with Gasteiger partial charge < -0.3 is 14.2 Å². The molecule has 2 aromatic carbocycles. The average molecular weight is 376 g/mol. The number of esters is 1. The summed E-state index contributed by atoms with van der Waals surface area (Å²) in [4.78, 5) is 16.8. The molecule has 1 unspecified atom stereocenters. The van der Waals surface area contributed by atoms with Gasteiger partial charge in [0.15, 0.2) is 11.9 Å². The molecule has 8 heteroatoms. The number of fused-ring (bicyclic) bond motifs is 1. The maximum Gasteiger partial charge on any atom is 0.342 e. The summed E-state index contributed by atoms with van der Waals surface area (Å²) >= 11 is 0. The first-order chi connectivity index (χ1) is 13.0. The first-order valence-corrected chi connectivity index (χ1v) is 8.14. The van der Waals surface area contributed by atoms with E-state index in [0.717, 1.165) is 4.57 Å². The third-order valence-electron chi connectivity index (χ3n) is 4.09. The largest absolute Gasteiger partial charge is 0.497 e. The molecule has 0 aliphatic carbocycles. The van der Waals surface area contributed by atoms with E-state index in [4.69, 9.17) is 14.2 Å². The highest BCUT2D eigenvalue weighted by Gasteiger charge is 2.26. The van der Waals surface area contributed by atoms with E-state index >= 15 is 0 Å². The zero-order chi connectivity index (χ0) is 19.6. The van der Waals surface area contributed by atoms with Crippen LogP contribution in [0.1, 0.15) is 35.8 Å². The summed E-state index contributed by atoms with van der Waals surface area (Å²) in [6.07, 6.45) is -1.00. The zero-order valence-corrected chi connectivity index (χ0v) is 15.0. The quantitative estimate of drug-likeness (QED) is 0.598. The third kappa shape index (κ3) is 3.55. The van der Waals surface area contributed by atoms with Gasteiger partial charge in [0, 0.05) is 0 Å². The first-order valence-electron chi connectivity index (χ1n) is 8.14. The number of benzene rings is 2. The molecule has 142 valence electrons. The second-order valence-corrected chi connectivity index (χ2v) is 5.72. The van der Waals surface area contributed by atoms with Crippen LogP contribution in [0.3, 0.4) is 0 Å². The number of aromatic nitrogens is 2. The molecular weight excluding hydrogens is 358 g/mol. The number of nitrogens with zero attached hydrogens (tertiary/aromatic N) is 2. The Balaban J connectivity index is 1.94. The van der Waals surface area contributed by atoms with Gasteiger partial charge >= 0.3 is 12.5 Å². The lowest BCUT2D eigenvalue weighted by atomic mass is 10.2.